The summed E-state index contributed by atoms with van der Waals surface area (Å²) < 4.78 is 38.9. The topological polar surface area (TPSA) is 137 Å². The maximum Gasteiger partial charge on any atom is 0.270 e. The number of non-ortho nitro benzene ring substituents is 1. The predicted octanol–water partition coefficient (Wildman–Crippen LogP) is 5.59. The van der Waals surface area contributed by atoms with Crippen molar-refractivity contribution in [3.05, 3.63) is 118 Å². The molecule has 4 aromatic carbocycles. The van der Waals surface area contributed by atoms with E-state index >= 15 is 0 Å². The van der Waals surface area contributed by atoms with Gasteiger partial charge in [0.2, 0.25) is 0 Å². The highest BCUT2D eigenvalue weighted by Gasteiger charge is 2.19. The van der Waals surface area contributed by atoms with Gasteiger partial charge in [0.05, 0.1) is 29.7 Å². The molecule has 204 valence electrons. The first-order chi connectivity index (χ1) is 19.2. The Hall–Kier alpha value is -5.16. The molecule has 0 unspecified atom stereocenters. The van der Waals surface area contributed by atoms with Crippen molar-refractivity contribution in [3.63, 3.8) is 0 Å². The molecule has 0 radical (unpaired) electrons. The Bertz CT molecular complexity index is 1670. The smallest absolute Gasteiger partial charge is 0.270 e. The highest BCUT2D eigenvalue weighted by atomic mass is 32.2. The summed E-state index contributed by atoms with van der Waals surface area (Å²) >= 11 is 0. The number of nitrogens with zero attached hydrogens (tertiary/aromatic N) is 1. The van der Waals surface area contributed by atoms with Gasteiger partial charge in [0.1, 0.15) is 11.5 Å². The molecule has 10 nitrogen and oxygen atoms in total. The third-order valence-corrected chi connectivity index (χ3v) is 7.18. The normalized spacial score (nSPS) is 11.4. The van der Waals surface area contributed by atoms with E-state index in [4.69, 9.17) is 9.47 Å². The number of sulfonamides is 1. The van der Waals surface area contributed by atoms with Gasteiger partial charge < -0.3 is 14.8 Å². The second-order valence-corrected chi connectivity index (χ2v) is 10.1. The highest BCUT2D eigenvalue weighted by Crippen LogP contribution is 2.31. The number of nitrogens with one attached hydrogen (secondary N) is 2. The van der Waals surface area contributed by atoms with Crippen LogP contribution in [0.1, 0.15) is 11.1 Å². The average Bonchev–Trinajstić information content (AvgIpc) is 2.96. The molecule has 0 atom stereocenters. The SMILES string of the molecule is COc1ccc(OC)c(NS(=O)(=O)c2ccc(NC(=O)/C(=C/c3cccc([N+](=O)[O-])c3)c3ccccc3)cc2)c1. The van der Waals surface area contributed by atoms with E-state index in [9.17, 15) is 23.3 Å². The van der Waals surface area contributed by atoms with E-state index in [2.05, 4.69) is 10.0 Å². The minimum Gasteiger partial charge on any atom is -0.497 e. The van der Waals surface area contributed by atoms with Gasteiger partial charge in [-0.1, -0.05) is 42.5 Å². The molecule has 2 N–H and O–H groups in total. The van der Waals surface area contributed by atoms with Gasteiger partial charge in [-0.3, -0.25) is 19.6 Å². The van der Waals surface area contributed by atoms with E-state index < -0.39 is 20.9 Å². The summed E-state index contributed by atoms with van der Waals surface area (Å²) in [5, 5.41) is 14.0. The molecule has 0 heterocycles. The van der Waals surface area contributed by atoms with E-state index in [1.165, 1.54) is 56.7 Å². The zero-order valence-corrected chi connectivity index (χ0v) is 22.3. The van der Waals surface area contributed by atoms with E-state index in [0.717, 1.165) is 0 Å². The van der Waals surface area contributed by atoms with Gasteiger partial charge in [-0.15, -0.1) is 0 Å². The lowest BCUT2D eigenvalue weighted by Gasteiger charge is -2.14. The second kappa shape index (κ2) is 12.1. The molecular weight excluding hydrogens is 534 g/mol. The van der Waals surface area contributed by atoms with Crippen LogP contribution in [0.3, 0.4) is 0 Å². The number of hydrogen-bond donors (Lipinski definition) is 2. The first-order valence-electron chi connectivity index (χ1n) is 11.9. The van der Waals surface area contributed by atoms with Gasteiger partial charge >= 0.3 is 0 Å². The summed E-state index contributed by atoms with van der Waals surface area (Å²) in [6.45, 7) is 0. The van der Waals surface area contributed by atoms with E-state index in [-0.39, 0.29) is 21.8 Å². The van der Waals surface area contributed by atoms with Crippen molar-refractivity contribution in [2.75, 3.05) is 24.3 Å². The van der Waals surface area contributed by atoms with Crippen LogP contribution < -0.4 is 19.5 Å². The summed E-state index contributed by atoms with van der Waals surface area (Å²) in [4.78, 5) is 24.0. The zero-order valence-electron chi connectivity index (χ0n) is 21.5. The van der Waals surface area contributed by atoms with Crippen LogP contribution in [0.2, 0.25) is 0 Å². The number of rotatable bonds is 10. The van der Waals surface area contributed by atoms with Crippen LogP contribution in [0.4, 0.5) is 17.1 Å². The lowest BCUT2D eigenvalue weighted by molar-refractivity contribution is -0.384. The van der Waals surface area contributed by atoms with Gasteiger partial charge in [-0.25, -0.2) is 8.42 Å². The van der Waals surface area contributed by atoms with Crippen LogP contribution in [0, 0.1) is 10.1 Å². The summed E-state index contributed by atoms with van der Waals surface area (Å²) in [6, 6.07) is 25.2. The van der Waals surface area contributed by atoms with Crippen LogP contribution >= 0.6 is 0 Å². The molecule has 0 aromatic heterocycles. The van der Waals surface area contributed by atoms with E-state index in [0.29, 0.717) is 28.3 Å². The number of benzene rings is 4. The number of nitro benzene ring substituents is 1. The van der Waals surface area contributed by atoms with Crippen LogP contribution in [0.25, 0.3) is 11.6 Å². The molecule has 0 aliphatic carbocycles. The largest absolute Gasteiger partial charge is 0.497 e. The fourth-order valence-electron chi connectivity index (χ4n) is 3.81. The van der Waals surface area contributed by atoms with E-state index in [1.807, 2.05) is 0 Å². The Morgan fingerprint density at radius 2 is 1.60 bits per heavy atom. The number of carbonyl (C=O) groups excluding carboxylic acids is 1. The molecule has 0 spiro atoms. The molecule has 4 rings (SSSR count). The van der Waals surface area contributed by atoms with Crippen LogP contribution in [-0.2, 0) is 14.8 Å². The minimum absolute atomic E-state index is 0.0363. The van der Waals surface area contributed by atoms with Crippen LogP contribution in [0.15, 0.2) is 102 Å². The van der Waals surface area contributed by atoms with Crippen molar-refractivity contribution in [3.8, 4) is 11.5 Å². The third kappa shape index (κ3) is 6.63. The summed E-state index contributed by atoms with van der Waals surface area (Å²) in [6.07, 6.45) is 1.56. The summed E-state index contributed by atoms with van der Waals surface area (Å²) in [5.74, 6) is 0.286. The lowest BCUT2D eigenvalue weighted by atomic mass is 10.0. The number of amides is 1. The molecule has 0 fully saturated rings. The standard InChI is InChI=1S/C29H25N3O7S/c1-38-24-13-16-28(39-2)27(19-24)31-40(36,37)25-14-11-22(12-15-25)30-29(33)26(21-8-4-3-5-9-21)18-20-7-6-10-23(17-20)32(34)35/h3-19,31H,1-2H3,(H,30,33)/b26-18+. The van der Waals surface area contributed by atoms with Gasteiger partial charge in [0.15, 0.2) is 0 Å². The molecule has 0 aliphatic heterocycles. The second-order valence-electron chi connectivity index (χ2n) is 8.43. The molecule has 0 aliphatic rings. The maximum atomic E-state index is 13.3. The monoisotopic (exact) mass is 559 g/mol. The first kappa shape index (κ1) is 27.9. The molecule has 1 amide bonds. The lowest BCUT2D eigenvalue weighted by Crippen LogP contribution is -2.15. The maximum absolute atomic E-state index is 13.3. The Balaban J connectivity index is 1.58. The van der Waals surface area contributed by atoms with Crippen molar-refractivity contribution in [1.29, 1.82) is 0 Å². The number of methoxy groups -OCH3 is 2. The number of hydrogen-bond acceptors (Lipinski definition) is 7. The zero-order chi connectivity index (χ0) is 28.7. The Labute approximate surface area is 231 Å². The number of anilines is 2. The summed E-state index contributed by atoms with van der Waals surface area (Å²) in [7, 11) is -1.10. The Kier molecular flexibility index (Phi) is 8.45. The van der Waals surface area contributed by atoms with Crippen molar-refractivity contribution in [2.45, 2.75) is 4.90 Å². The molecule has 0 bridgehead atoms. The quantitative estimate of drug-likeness (QED) is 0.112. The van der Waals surface area contributed by atoms with Gasteiger partial charge in [0, 0.05) is 29.5 Å². The molecule has 40 heavy (non-hydrogen) atoms. The van der Waals surface area contributed by atoms with Crippen LogP contribution in [0.5, 0.6) is 11.5 Å². The van der Waals surface area contributed by atoms with Crippen molar-refractivity contribution in [2.24, 2.45) is 0 Å². The van der Waals surface area contributed by atoms with Gasteiger partial charge in [-0.05, 0) is 53.6 Å². The van der Waals surface area contributed by atoms with Crippen molar-refractivity contribution < 1.29 is 27.6 Å². The fraction of sp³-hybridized carbons (Fsp3) is 0.0690. The number of carbonyl (C=O) groups is 1. The highest BCUT2D eigenvalue weighted by molar-refractivity contribution is 7.92. The van der Waals surface area contributed by atoms with Crippen molar-refractivity contribution in [1.82, 2.24) is 0 Å². The third-order valence-electron chi connectivity index (χ3n) is 5.79. The van der Waals surface area contributed by atoms with E-state index in [1.54, 1.807) is 60.7 Å². The molecule has 0 saturated carbocycles. The Morgan fingerprint density at radius 1 is 0.875 bits per heavy atom. The van der Waals surface area contributed by atoms with Crippen molar-refractivity contribution >= 4 is 44.6 Å². The number of nitro groups is 1. The summed E-state index contributed by atoms with van der Waals surface area (Å²) in [5.41, 5.74) is 1.80. The van der Waals surface area contributed by atoms with Crippen LogP contribution in [-0.4, -0.2) is 33.5 Å². The Morgan fingerprint density at radius 3 is 2.25 bits per heavy atom. The predicted molar refractivity (Wildman–Crippen MR) is 153 cm³/mol. The van der Waals surface area contributed by atoms with Gasteiger partial charge in [0.25, 0.3) is 21.6 Å². The number of ether oxygens (including phenoxy) is 2. The first-order valence-corrected chi connectivity index (χ1v) is 13.4. The van der Waals surface area contributed by atoms with Gasteiger partial charge in [-0.2, -0.15) is 0 Å². The molecular formula is C29H25N3O7S. The average molecular weight is 560 g/mol. The molecule has 4 aromatic rings. The fourth-order valence-corrected chi connectivity index (χ4v) is 4.87. The minimum atomic E-state index is -3.99. The molecule has 11 heteroatoms. The molecule has 0 saturated heterocycles.